The van der Waals surface area contributed by atoms with Crippen LogP contribution in [0.4, 0.5) is 5.13 Å². The number of hydrogen-bond acceptors (Lipinski definition) is 6. The van der Waals surface area contributed by atoms with E-state index < -0.39 is 0 Å². The zero-order valence-electron chi connectivity index (χ0n) is 15.7. The topological polar surface area (TPSA) is 67.8 Å². The number of aryl methyl sites for hydroxylation is 4. The van der Waals surface area contributed by atoms with Crippen LogP contribution in [-0.2, 0) is 18.3 Å². The van der Waals surface area contributed by atoms with Crippen molar-refractivity contribution in [3.05, 3.63) is 32.5 Å². The summed E-state index contributed by atoms with van der Waals surface area (Å²) in [4.78, 5) is 29.7. The Labute approximate surface area is 160 Å². The van der Waals surface area contributed by atoms with Crippen molar-refractivity contribution in [2.24, 2.45) is 0 Å². The summed E-state index contributed by atoms with van der Waals surface area (Å²) in [7, 11) is 0. The number of amides is 1. The number of thiazole rings is 1. The van der Waals surface area contributed by atoms with Gasteiger partial charge < -0.3 is 0 Å². The fourth-order valence-corrected chi connectivity index (χ4v) is 5.46. The van der Waals surface area contributed by atoms with Crippen molar-refractivity contribution in [1.82, 2.24) is 15.0 Å². The molecular formula is C19H22N4OS2. The predicted octanol–water partition coefficient (Wildman–Crippen LogP) is 4.80. The molecule has 0 unspecified atom stereocenters. The summed E-state index contributed by atoms with van der Waals surface area (Å²) in [5.41, 5.74) is 2.90. The highest BCUT2D eigenvalue weighted by molar-refractivity contribution is 7.21. The third-order valence-corrected chi connectivity index (χ3v) is 6.92. The standard InChI is InChI=1S/C19H22N4OS2/c1-9-13-10(2)20-17(19(3,4)5)23-16(13)26-14(9)15(24)22-18-21-11-7-6-8-12(11)25-18/h6-8H2,1-5H3,(H,21,22,24). The van der Waals surface area contributed by atoms with E-state index in [1.165, 1.54) is 22.6 Å². The van der Waals surface area contributed by atoms with Crippen LogP contribution in [-0.4, -0.2) is 20.9 Å². The fourth-order valence-electron chi connectivity index (χ4n) is 3.29. The molecule has 0 spiro atoms. The molecule has 0 aromatic carbocycles. The van der Waals surface area contributed by atoms with Gasteiger partial charge in [0.2, 0.25) is 0 Å². The number of thiophene rings is 1. The number of carbonyl (C=O) groups is 1. The first-order valence-corrected chi connectivity index (χ1v) is 10.5. The van der Waals surface area contributed by atoms with E-state index in [-0.39, 0.29) is 11.3 Å². The van der Waals surface area contributed by atoms with Gasteiger partial charge in [-0.05, 0) is 38.7 Å². The maximum Gasteiger partial charge on any atom is 0.267 e. The monoisotopic (exact) mass is 386 g/mol. The molecule has 136 valence electrons. The maximum atomic E-state index is 12.8. The second kappa shape index (κ2) is 6.09. The van der Waals surface area contributed by atoms with Crippen molar-refractivity contribution >= 4 is 43.9 Å². The Bertz CT molecular complexity index is 1000. The van der Waals surface area contributed by atoms with E-state index in [9.17, 15) is 4.79 Å². The number of nitrogens with zero attached hydrogens (tertiary/aromatic N) is 3. The van der Waals surface area contributed by atoms with Crippen LogP contribution in [0, 0.1) is 13.8 Å². The third-order valence-electron chi connectivity index (χ3n) is 4.66. The first-order valence-electron chi connectivity index (χ1n) is 8.82. The molecule has 1 aliphatic rings. The Morgan fingerprint density at radius 1 is 1.08 bits per heavy atom. The summed E-state index contributed by atoms with van der Waals surface area (Å²) in [5.74, 6) is 0.710. The second-order valence-electron chi connectivity index (χ2n) is 7.82. The highest BCUT2D eigenvalue weighted by atomic mass is 32.1. The van der Waals surface area contributed by atoms with Crippen LogP contribution in [0.1, 0.15) is 64.5 Å². The quantitative estimate of drug-likeness (QED) is 0.687. The number of hydrogen-bond donors (Lipinski definition) is 1. The van der Waals surface area contributed by atoms with Crippen molar-refractivity contribution in [1.29, 1.82) is 0 Å². The summed E-state index contributed by atoms with van der Waals surface area (Å²) in [6.45, 7) is 10.3. The molecule has 1 amide bonds. The molecule has 0 radical (unpaired) electrons. The number of nitrogens with one attached hydrogen (secondary N) is 1. The first kappa shape index (κ1) is 17.5. The Kier molecular flexibility index (Phi) is 4.11. The number of rotatable bonds is 2. The molecule has 4 rings (SSSR count). The minimum atomic E-state index is -0.124. The second-order valence-corrected chi connectivity index (χ2v) is 9.90. The minimum Gasteiger partial charge on any atom is -0.297 e. The molecular weight excluding hydrogens is 364 g/mol. The van der Waals surface area contributed by atoms with Crippen molar-refractivity contribution in [3.63, 3.8) is 0 Å². The summed E-state index contributed by atoms with van der Waals surface area (Å²) < 4.78 is 0. The largest absolute Gasteiger partial charge is 0.297 e. The summed E-state index contributed by atoms with van der Waals surface area (Å²) in [6.07, 6.45) is 3.27. The number of carbonyl (C=O) groups excluding carboxylic acids is 1. The van der Waals surface area contributed by atoms with Gasteiger partial charge in [0.1, 0.15) is 10.7 Å². The van der Waals surface area contributed by atoms with Gasteiger partial charge in [-0.3, -0.25) is 10.1 Å². The molecule has 0 atom stereocenters. The predicted molar refractivity (Wildman–Crippen MR) is 108 cm³/mol. The molecule has 26 heavy (non-hydrogen) atoms. The Hall–Kier alpha value is -1.86. The number of fused-ring (bicyclic) bond motifs is 2. The smallest absolute Gasteiger partial charge is 0.267 e. The highest BCUT2D eigenvalue weighted by Crippen LogP contribution is 2.35. The first-order chi connectivity index (χ1) is 12.2. The molecule has 0 saturated heterocycles. The van der Waals surface area contributed by atoms with Crippen molar-refractivity contribution in [2.75, 3.05) is 5.32 Å². The summed E-state index contributed by atoms with van der Waals surface area (Å²) in [6, 6.07) is 0. The van der Waals surface area contributed by atoms with E-state index in [1.54, 1.807) is 11.3 Å². The Morgan fingerprint density at radius 3 is 2.54 bits per heavy atom. The Balaban J connectivity index is 1.70. The van der Waals surface area contributed by atoms with Crippen LogP contribution in [0.25, 0.3) is 10.2 Å². The summed E-state index contributed by atoms with van der Waals surface area (Å²) >= 11 is 3.04. The van der Waals surface area contributed by atoms with Crippen LogP contribution in [0.15, 0.2) is 0 Å². The van der Waals surface area contributed by atoms with Crippen LogP contribution in [0.2, 0.25) is 0 Å². The van der Waals surface area contributed by atoms with Crippen molar-refractivity contribution in [2.45, 2.75) is 59.3 Å². The normalized spacial score (nSPS) is 14.0. The Morgan fingerprint density at radius 2 is 1.85 bits per heavy atom. The van der Waals surface area contributed by atoms with E-state index >= 15 is 0 Å². The van der Waals surface area contributed by atoms with E-state index in [1.807, 2.05) is 13.8 Å². The fraction of sp³-hybridized carbons (Fsp3) is 0.474. The SMILES string of the molecule is Cc1nc(C(C)(C)C)nc2sc(C(=O)Nc3nc4c(s3)CCC4)c(C)c12. The molecule has 3 aromatic rings. The van der Waals surface area contributed by atoms with Gasteiger partial charge in [-0.15, -0.1) is 22.7 Å². The molecule has 1 N–H and O–H groups in total. The molecule has 0 fully saturated rings. The highest BCUT2D eigenvalue weighted by Gasteiger charge is 2.24. The number of anilines is 1. The van der Waals surface area contributed by atoms with Crippen LogP contribution < -0.4 is 5.32 Å². The lowest BCUT2D eigenvalue weighted by Gasteiger charge is -2.16. The molecule has 0 aliphatic heterocycles. The average Bonchev–Trinajstić information content (AvgIpc) is 3.19. The summed E-state index contributed by atoms with van der Waals surface area (Å²) in [5, 5.41) is 4.68. The molecule has 5 nitrogen and oxygen atoms in total. The van der Waals surface area contributed by atoms with Gasteiger partial charge in [0.05, 0.1) is 16.3 Å². The molecule has 3 aromatic heterocycles. The zero-order chi connectivity index (χ0) is 18.6. The molecule has 1 aliphatic carbocycles. The van der Waals surface area contributed by atoms with Gasteiger partial charge >= 0.3 is 0 Å². The van der Waals surface area contributed by atoms with Crippen LogP contribution in [0.5, 0.6) is 0 Å². The van der Waals surface area contributed by atoms with Gasteiger partial charge in [0.15, 0.2) is 5.13 Å². The lowest BCUT2D eigenvalue weighted by molar-refractivity contribution is 0.103. The average molecular weight is 387 g/mol. The van der Waals surface area contributed by atoms with E-state index in [2.05, 4.69) is 36.1 Å². The van der Waals surface area contributed by atoms with Crippen LogP contribution in [0.3, 0.4) is 0 Å². The zero-order valence-corrected chi connectivity index (χ0v) is 17.3. The minimum absolute atomic E-state index is 0.102. The van der Waals surface area contributed by atoms with E-state index in [0.717, 1.165) is 45.8 Å². The lowest BCUT2D eigenvalue weighted by atomic mass is 9.95. The lowest BCUT2D eigenvalue weighted by Crippen LogP contribution is -2.16. The van der Waals surface area contributed by atoms with Crippen LogP contribution >= 0.6 is 22.7 Å². The maximum absolute atomic E-state index is 12.8. The molecule has 0 saturated carbocycles. The van der Waals surface area contributed by atoms with Gasteiger partial charge in [-0.2, -0.15) is 0 Å². The van der Waals surface area contributed by atoms with E-state index in [0.29, 0.717) is 10.0 Å². The van der Waals surface area contributed by atoms with Crippen molar-refractivity contribution in [3.8, 4) is 0 Å². The van der Waals surface area contributed by atoms with Gasteiger partial charge in [-0.1, -0.05) is 20.8 Å². The van der Waals surface area contributed by atoms with Gasteiger partial charge in [-0.25, -0.2) is 15.0 Å². The van der Waals surface area contributed by atoms with Crippen molar-refractivity contribution < 1.29 is 4.79 Å². The number of aromatic nitrogens is 3. The van der Waals surface area contributed by atoms with Gasteiger partial charge in [0, 0.05) is 15.7 Å². The molecule has 7 heteroatoms. The van der Waals surface area contributed by atoms with E-state index in [4.69, 9.17) is 4.98 Å². The molecule has 0 bridgehead atoms. The third kappa shape index (κ3) is 2.93. The van der Waals surface area contributed by atoms with Gasteiger partial charge in [0.25, 0.3) is 5.91 Å². The molecule has 3 heterocycles.